The minimum atomic E-state index is -0.179. The Morgan fingerprint density at radius 1 is 1.09 bits per heavy atom. The van der Waals surface area contributed by atoms with Gasteiger partial charge in [-0.3, -0.25) is 9.59 Å². The molecule has 0 bridgehead atoms. The maximum atomic E-state index is 12.6. The Kier molecular flexibility index (Phi) is 6.77. The van der Waals surface area contributed by atoms with Crippen molar-refractivity contribution in [3.8, 4) is 11.5 Å². The van der Waals surface area contributed by atoms with Gasteiger partial charge in [0.05, 0.1) is 31.4 Å². The number of para-hydroxylation sites is 1. The van der Waals surface area contributed by atoms with Crippen LogP contribution in [0.3, 0.4) is 0 Å². The van der Waals surface area contributed by atoms with Crippen molar-refractivity contribution in [1.82, 2.24) is 5.01 Å². The van der Waals surface area contributed by atoms with E-state index in [1.807, 2.05) is 53.9 Å². The molecule has 0 atom stereocenters. The van der Waals surface area contributed by atoms with E-state index in [1.165, 1.54) is 28.1 Å². The molecule has 0 spiro atoms. The molecule has 0 saturated carbocycles. The third-order valence-electron chi connectivity index (χ3n) is 4.83. The van der Waals surface area contributed by atoms with Crippen LogP contribution in [0.1, 0.15) is 20.8 Å². The number of ether oxygens (including phenoxy) is 2. The average molecular weight is 468 g/mol. The van der Waals surface area contributed by atoms with Crippen LogP contribution in [0.5, 0.6) is 11.5 Å². The number of thioether (sulfide) groups is 1. The molecule has 4 rings (SSSR count). The van der Waals surface area contributed by atoms with E-state index in [0.717, 1.165) is 16.8 Å². The van der Waals surface area contributed by atoms with E-state index in [4.69, 9.17) is 9.47 Å². The molecule has 0 aliphatic carbocycles. The number of thiophene rings is 1. The number of hydrogen-bond acceptors (Lipinski definition) is 7. The molecule has 2 heterocycles. The van der Waals surface area contributed by atoms with Gasteiger partial charge in [0.25, 0.3) is 5.91 Å². The minimum Gasteiger partial charge on any atom is -0.493 e. The van der Waals surface area contributed by atoms with Crippen LogP contribution in [-0.4, -0.2) is 41.8 Å². The van der Waals surface area contributed by atoms with Crippen LogP contribution < -0.4 is 14.8 Å². The first-order valence-electron chi connectivity index (χ1n) is 9.76. The molecular weight excluding hydrogens is 446 g/mol. The number of carbonyl (C=O) groups is 2. The summed E-state index contributed by atoms with van der Waals surface area (Å²) < 4.78 is 10.7. The molecule has 1 aliphatic heterocycles. The summed E-state index contributed by atoms with van der Waals surface area (Å²) in [7, 11) is 3.16. The van der Waals surface area contributed by atoms with Crippen LogP contribution in [0.4, 0.5) is 10.5 Å². The van der Waals surface area contributed by atoms with E-state index in [0.29, 0.717) is 27.8 Å². The third kappa shape index (κ3) is 4.79. The molecule has 9 heteroatoms. The number of amides is 2. The summed E-state index contributed by atoms with van der Waals surface area (Å²) in [5, 5.41) is 10.7. The van der Waals surface area contributed by atoms with Crippen LogP contribution in [0.15, 0.2) is 65.1 Å². The van der Waals surface area contributed by atoms with Crippen LogP contribution in [0, 0.1) is 0 Å². The Balaban J connectivity index is 1.58. The molecule has 164 valence electrons. The smallest absolute Gasteiger partial charge is 0.302 e. The van der Waals surface area contributed by atoms with Gasteiger partial charge in [-0.15, -0.1) is 11.3 Å². The average Bonchev–Trinajstić information content (AvgIpc) is 3.36. The van der Waals surface area contributed by atoms with Gasteiger partial charge in [0.1, 0.15) is 0 Å². The SMILES string of the molecule is COc1ccc(C2=NN(Cc3ccccc3NC(=O)c3cccs3)C(=O)SC2)cc1OC. The van der Waals surface area contributed by atoms with Gasteiger partial charge in [0, 0.05) is 17.0 Å². The standard InChI is InChI=1S/C23H21N3O4S2/c1-29-19-10-9-15(12-20(19)30-2)18-14-32-23(28)26(25-18)13-16-6-3-4-7-17(16)24-22(27)21-8-5-11-31-21/h3-12H,13-14H2,1-2H3,(H,24,27). The van der Waals surface area contributed by atoms with Crippen LogP contribution in [0.25, 0.3) is 0 Å². The van der Waals surface area contributed by atoms with Crippen molar-refractivity contribution in [1.29, 1.82) is 0 Å². The highest BCUT2D eigenvalue weighted by molar-refractivity contribution is 8.14. The van der Waals surface area contributed by atoms with Gasteiger partial charge >= 0.3 is 5.24 Å². The maximum Gasteiger partial charge on any atom is 0.302 e. The highest BCUT2D eigenvalue weighted by atomic mass is 32.2. The van der Waals surface area contributed by atoms with Crippen molar-refractivity contribution in [2.75, 3.05) is 25.3 Å². The fraction of sp³-hybridized carbons (Fsp3) is 0.174. The lowest BCUT2D eigenvalue weighted by molar-refractivity contribution is 0.103. The van der Waals surface area contributed by atoms with Crippen molar-refractivity contribution in [3.05, 3.63) is 76.0 Å². The van der Waals surface area contributed by atoms with Crippen molar-refractivity contribution < 1.29 is 19.1 Å². The normalized spacial score (nSPS) is 13.5. The summed E-state index contributed by atoms with van der Waals surface area (Å²) in [6, 6.07) is 16.6. The number of nitrogens with one attached hydrogen (secondary N) is 1. The van der Waals surface area contributed by atoms with Crippen LogP contribution in [-0.2, 0) is 6.54 Å². The summed E-state index contributed by atoms with van der Waals surface area (Å²) in [5.41, 5.74) is 3.06. The molecule has 3 aromatic rings. The van der Waals surface area contributed by atoms with Gasteiger partial charge in [-0.25, -0.2) is 5.01 Å². The molecule has 2 aromatic carbocycles. The first-order valence-corrected chi connectivity index (χ1v) is 11.6. The second-order valence-corrected chi connectivity index (χ2v) is 8.69. The Bertz CT molecular complexity index is 1160. The van der Waals surface area contributed by atoms with Crippen LogP contribution >= 0.6 is 23.1 Å². The predicted molar refractivity (Wildman–Crippen MR) is 128 cm³/mol. The van der Waals surface area contributed by atoms with Gasteiger partial charge in [0.15, 0.2) is 11.5 Å². The van der Waals surface area contributed by atoms with Gasteiger partial charge in [0.2, 0.25) is 0 Å². The lowest BCUT2D eigenvalue weighted by Crippen LogP contribution is -2.30. The second kappa shape index (κ2) is 9.88. The molecule has 0 saturated heterocycles. The van der Waals surface area contributed by atoms with Gasteiger partial charge in [-0.1, -0.05) is 36.0 Å². The Morgan fingerprint density at radius 3 is 2.66 bits per heavy atom. The van der Waals surface area contributed by atoms with E-state index < -0.39 is 0 Å². The van der Waals surface area contributed by atoms with Crippen LogP contribution in [0.2, 0.25) is 0 Å². The highest BCUT2D eigenvalue weighted by Gasteiger charge is 2.24. The lowest BCUT2D eigenvalue weighted by atomic mass is 10.1. The number of nitrogens with zero attached hydrogens (tertiary/aromatic N) is 2. The fourth-order valence-corrected chi connectivity index (χ4v) is 4.57. The molecule has 7 nitrogen and oxygen atoms in total. The maximum absolute atomic E-state index is 12.6. The zero-order valence-corrected chi connectivity index (χ0v) is 19.2. The Labute approximate surface area is 194 Å². The zero-order chi connectivity index (χ0) is 22.5. The van der Waals surface area contributed by atoms with Crippen molar-refractivity contribution in [2.45, 2.75) is 6.54 Å². The Morgan fingerprint density at radius 2 is 1.91 bits per heavy atom. The summed E-state index contributed by atoms with van der Waals surface area (Å²) in [6.45, 7) is 0.240. The highest BCUT2D eigenvalue weighted by Crippen LogP contribution is 2.30. The van der Waals surface area contributed by atoms with E-state index >= 15 is 0 Å². The van der Waals surface area contributed by atoms with E-state index in [2.05, 4.69) is 10.4 Å². The quantitative estimate of drug-likeness (QED) is 0.524. The summed E-state index contributed by atoms with van der Waals surface area (Å²) in [4.78, 5) is 25.7. The summed E-state index contributed by atoms with van der Waals surface area (Å²) in [6.07, 6.45) is 0. The predicted octanol–water partition coefficient (Wildman–Crippen LogP) is 5.09. The van der Waals surface area contributed by atoms with Gasteiger partial charge in [-0.05, 0) is 41.3 Å². The molecule has 1 N–H and O–H groups in total. The summed E-state index contributed by atoms with van der Waals surface area (Å²) >= 11 is 2.56. The summed E-state index contributed by atoms with van der Waals surface area (Å²) in [5.74, 6) is 1.51. The molecule has 0 radical (unpaired) electrons. The molecule has 0 fully saturated rings. The topological polar surface area (TPSA) is 80.2 Å². The van der Waals surface area contributed by atoms with Crippen molar-refractivity contribution in [2.24, 2.45) is 5.10 Å². The number of anilines is 1. The number of methoxy groups -OCH3 is 2. The number of hydrogen-bond donors (Lipinski definition) is 1. The van der Waals surface area contributed by atoms with Gasteiger partial charge < -0.3 is 14.8 Å². The van der Waals surface area contributed by atoms with Gasteiger partial charge in [-0.2, -0.15) is 5.10 Å². The number of rotatable bonds is 7. The van der Waals surface area contributed by atoms with Crippen molar-refractivity contribution in [3.63, 3.8) is 0 Å². The zero-order valence-electron chi connectivity index (χ0n) is 17.5. The molecular formula is C23H21N3O4S2. The molecule has 2 amide bonds. The number of benzene rings is 2. The Hall–Kier alpha value is -3.30. The van der Waals surface area contributed by atoms with E-state index in [9.17, 15) is 9.59 Å². The van der Waals surface area contributed by atoms with E-state index in [1.54, 1.807) is 20.3 Å². The fourth-order valence-electron chi connectivity index (χ4n) is 3.21. The monoisotopic (exact) mass is 467 g/mol. The number of hydrazone groups is 1. The third-order valence-corrected chi connectivity index (χ3v) is 6.58. The molecule has 0 unspecified atom stereocenters. The first kappa shape index (κ1) is 21.9. The van der Waals surface area contributed by atoms with E-state index in [-0.39, 0.29) is 17.7 Å². The largest absolute Gasteiger partial charge is 0.493 e. The molecule has 1 aromatic heterocycles. The number of carbonyl (C=O) groups excluding carboxylic acids is 2. The second-order valence-electron chi connectivity index (χ2n) is 6.82. The molecule has 1 aliphatic rings. The minimum absolute atomic E-state index is 0.145. The lowest BCUT2D eigenvalue weighted by Gasteiger charge is -2.24. The molecule has 32 heavy (non-hydrogen) atoms. The van der Waals surface area contributed by atoms with Crippen molar-refractivity contribution >= 4 is 45.6 Å². The first-order chi connectivity index (χ1) is 15.6.